The lowest BCUT2D eigenvalue weighted by Gasteiger charge is -2.12. The first kappa shape index (κ1) is 15.0. The van der Waals surface area contributed by atoms with Crippen molar-refractivity contribution in [3.63, 3.8) is 0 Å². The first-order chi connectivity index (χ1) is 9.45. The Balaban J connectivity index is 1.99. The maximum Gasteiger partial charge on any atom is 0.387 e. The first-order valence-corrected chi connectivity index (χ1v) is 6.64. The summed E-state index contributed by atoms with van der Waals surface area (Å²) in [5, 5.41) is 2.72. The van der Waals surface area contributed by atoms with Crippen molar-refractivity contribution >= 4 is 23.2 Å². The Hall–Kier alpha value is -1.40. The number of benzene rings is 1. The van der Waals surface area contributed by atoms with Crippen LogP contribution >= 0.6 is 11.6 Å². The van der Waals surface area contributed by atoms with Crippen molar-refractivity contribution in [2.45, 2.75) is 31.9 Å². The fourth-order valence-corrected chi connectivity index (χ4v) is 2.49. The van der Waals surface area contributed by atoms with Crippen LogP contribution in [0.25, 0.3) is 0 Å². The molecular weight excluding hydrogens is 290 g/mol. The highest BCUT2D eigenvalue weighted by Crippen LogP contribution is 2.30. The van der Waals surface area contributed by atoms with E-state index in [4.69, 9.17) is 17.3 Å². The van der Waals surface area contributed by atoms with Crippen molar-refractivity contribution in [1.82, 2.24) is 0 Å². The summed E-state index contributed by atoms with van der Waals surface area (Å²) in [6.07, 6.45) is 2.25. The predicted molar refractivity (Wildman–Crippen MR) is 72.0 cm³/mol. The zero-order chi connectivity index (χ0) is 14.7. The van der Waals surface area contributed by atoms with Crippen LogP contribution in [0.4, 0.5) is 14.5 Å². The normalized spacial score (nSPS) is 22.1. The molecule has 0 bridgehead atoms. The van der Waals surface area contributed by atoms with Gasteiger partial charge < -0.3 is 15.8 Å². The monoisotopic (exact) mass is 304 g/mol. The van der Waals surface area contributed by atoms with Gasteiger partial charge in [0.2, 0.25) is 5.91 Å². The van der Waals surface area contributed by atoms with Crippen molar-refractivity contribution < 1.29 is 18.3 Å². The average Bonchev–Trinajstić information content (AvgIpc) is 2.79. The van der Waals surface area contributed by atoms with Crippen LogP contribution in [0, 0.1) is 5.92 Å². The van der Waals surface area contributed by atoms with Gasteiger partial charge in [0.1, 0.15) is 5.75 Å². The molecule has 1 aliphatic rings. The highest BCUT2D eigenvalue weighted by molar-refractivity contribution is 6.32. The van der Waals surface area contributed by atoms with Crippen LogP contribution in [0.2, 0.25) is 5.02 Å². The van der Waals surface area contributed by atoms with Crippen molar-refractivity contribution in [1.29, 1.82) is 0 Å². The van der Waals surface area contributed by atoms with Crippen LogP contribution in [0.3, 0.4) is 0 Å². The van der Waals surface area contributed by atoms with E-state index in [-0.39, 0.29) is 28.6 Å². The molecule has 1 amide bonds. The summed E-state index contributed by atoms with van der Waals surface area (Å²) in [7, 11) is 0. The highest BCUT2D eigenvalue weighted by Gasteiger charge is 2.27. The zero-order valence-corrected chi connectivity index (χ0v) is 11.4. The Morgan fingerprint density at radius 1 is 1.45 bits per heavy atom. The minimum Gasteiger partial charge on any atom is -0.433 e. The van der Waals surface area contributed by atoms with E-state index in [0.29, 0.717) is 12.1 Å². The van der Waals surface area contributed by atoms with Crippen molar-refractivity contribution in [3.8, 4) is 5.75 Å². The fraction of sp³-hybridized carbons (Fsp3) is 0.462. The van der Waals surface area contributed by atoms with Gasteiger partial charge in [0, 0.05) is 17.6 Å². The molecule has 20 heavy (non-hydrogen) atoms. The third-order valence-electron chi connectivity index (χ3n) is 3.26. The van der Waals surface area contributed by atoms with E-state index in [2.05, 4.69) is 10.1 Å². The zero-order valence-electron chi connectivity index (χ0n) is 10.6. The van der Waals surface area contributed by atoms with E-state index >= 15 is 0 Å². The summed E-state index contributed by atoms with van der Waals surface area (Å²) in [5.41, 5.74) is 6.20. The molecule has 2 rings (SSSR count). The number of halogens is 3. The van der Waals surface area contributed by atoms with Crippen LogP contribution in [-0.2, 0) is 4.79 Å². The van der Waals surface area contributed by atoms with E-state index < -0.39 is 6.61 Å². The number of carbonyl (C=O) groups excluding carboxylic acids is 1. The number of hydrogen-bond donors (Lipinski definition) is 2. The molecule has 1 saturated carbocycles. The molecule has 0 aromatic heterocycles. The van der Waals surface area contributed by atoms with Gasteiger partial charge in [-0.15, -0.1) is 0 Å². The molecule has 1 aromatic rings. The van der Waals surface area contributed by atoms with E-state index in [1.165, 1.54) is 18.2 Å². The molecule has 0 heterocycles. The third kappa shape index (κ3) is 3.80. The van der Waals surface area contributed by atoms with E-state index in [9.17, 15) is 13.6 Å². The second-order valence-electron chi connectivity index (χ2n) is 4.78. The molecule has 4 nitrogen and oxygen atoms in total. The Morgan fingerprint density at radius 2 is 2.20 bits per heavy atom. The standard InChI is InChI=1S/C13H15ClF2N2O2/c14-10-6-9(3-4-11(10)20-13(15)16)18-12(19)7-1-2-8(17)5-7/h3-4,6-8,13H,1-2,5,17H2,(H,18,19). The molecule has 0 spiro atoms. The second-order valence-corrected chi connectivity index (χ2v) is 5.19. The maximum absolute atomic E-state index is 12.1. The van der Waals surface area contributed by atoms with Crippen LogP contribution in [0.1, 0.15) is 19.3 Å². The third-order valence-corrected chi connectivity index (χ3v) is 3.55. The summed E-state index contributed by atoms with van der Waals surface area (Å²) in [6, 6.07) is 4.21. The Bertz CT molecular complexity index is 499. The van der Waals surface area contributed by atoms with Crippen molar-refractivity contribution in [2.75, 3.05) is 5.32 Å². The second kappa shape index (κ2) is 6.37. The van der Waals surface area contributed by atoms with Gasteiger partial charge >= 0.3 is 6.61 Å². The lowest BCUT2D eigenvalue weighted by molar-refractivity contribution is -0.119. The summed E-state index contributed by atoms with van der Waals surface area (Å²) >= 11 is 5.81. The molecule has 0 aliphatic heterocycles. The van der Waals surface area contributed by atoms with Crippen LogP contribution in [0.5, 0.6) is 5.75 Å². The van der Waals surface area contributed by atoms with Gasteiger partial charge in [-0.1, -0.05) is 11.6 Å². The van der Waals surface area contributed by atoms with Gasteiger partial charge in [0.05, 0.1) is 5.02 Å². The van der Waals surface area contributed by atoms with Gasteiger partial charge in [-0.2, -0.15) is 8.78 Å². The summed E-state index contributed by atoms with van der Waals surface area (Å²) < 4.78 is 28.4. The maximum atomic E-state index is 12.1. The smallest absolute Gasteiger partial charge is 0.387 e. The van der Waals surface area contributed by atoms with Crippen molar-refractivity contribution in [3.05, 3.63) is 23.2 Å². The Morgan fingerprint density at radius 3 is 2.75 bits per heavy atom. The fourth-order valence-electron chi connectivity index (χ4n) is 2.27. The average molecular weight is 305 g/mol. The Labute approximate surface area is 120 Å². The topological polar surface area (TPSA) is 64.4 Å². The van der Waals surface area contributed by atoms with Gasteiger partial charge in [0.25, 0.3) is 0 Å². The minimum atomic E-state index is -2.94. The summed E-state index contributed by atoms with van der Waals surface area (Å²) in [4.78, 5) is 12.0. The number of nitrogens with two attached hydrogens (primary N) is 1. The highest BCUT2D eigenvalue weighted by atomic mass is 35.5. The van der Waals surface area contributed by atoms with Gasteiger partial charge in [0.15, 0.2) is 0 Å². The van der Waals surface area contributed by atoms with E-state index in [1.807, 2.05) is 0 Å². The largest absolute Gasteiger partial charge is 0.433 e. The lowest BCUT2D eigenvalue weighted by Crippen LogP contribution is -2.23. The predicted octanol–water partition coefficient (Wildman–Crippen LogP) is 3.01. The molecule has 2 unspecified atom stereocenters. The molecular formula is C13H15ClF2N2O2. The molecule has 0 radical (unpaired) electrons. The lowest BCUT2D eigenvalue weighted by atomic mass is 10.1. The summed E-state index contributed by atoms with van der Waals surface area (Å²) in [5.74, 6) is -0.361. The molecule has 1 aromatic carbocycles. The number of alkyl halides is 2. The van der Waals surface area contributed by atoms with Gasteiger partial charge in [-0.25, -0.2) is 0 Å². The van der Waals surface area contributed by atoms with Gasteiger partial charge in [-0.05, 0) is 37.5 Å². The number of anilines is 1. The number of amides is 1. The number of carbonyl (C=O) groups is 1. The first-order valence-electron chi connectivity index (χ1n) is 6.26. The number of rotatable bonds is 4. The quantitative estimate of drug-likeness (QED) is 0.898. The number of hydrogen-bond acceptors (Lipinski definition) is 3. The van der Waals surface area contributed by atoms with Crippen molar-refractivity contribution in [2.24, 2.45) is 11.7 Å². The molecule has 2 atom stereocenters. The van der Waals surface area contributed by atoms with Crippen LogP contribution in [-0.4, -0.2) is 18.6 Å². The Kier molecular flexibility index (Phi) is 4.77. The number of nitrogens with one attached hydrogen (secondary N) is 1. The van der Waals surface area contributed by atoms with E-state index in [1.54, 1.807) is 0 Å². The molecule has 1 aliphatic carbocycles. The van der Waals surface area contributed by atoms with Crippen LogP contribution in [0.15, 0.2) is 18.2 Å². The minimum absolute atomic E-state index is 0.0197. The van der Waals surface area contributed by atoms with Gasteiger partial charge in [-0.3, -0.25) is 4.79 Å². The van der Waals surface area contributed by atoms with E-state index in [0.717, 1.165) is 12.8 Å². The molecule has 1 fully saturated rings. The summed E-state index contributed by atoms with van der Waals surface area (Å²) in [6.45, 7) is -2.94. The SMILES string of the molecule is NC1CCC(C(=O)Nc2ccc(OC(F)F)c(Cl)c2)C1. The molecule has 7 heteroatoms. The molecule has 110 valence electrons. The number of ether oxygens (including phenoxy) is 1. The van der Waals surface area contributed by atoms with Crippen LogP contribution < -0.4 is 15.8 Å². The molecule has 3 N–H and O–H groups in total. The molecule has 0 saturated heterocycles.